The molecule has 1 aromatic heterocycles. The Kier molecular flexibility index (Phi) is 2.74. The van der Waals surface area contributed by atoms with Crippen LogP contribution in [0.15, 0.2) is 42.7 Å². The lowest BCUT2D eigenvalue weighted by atomic mass is 10.0. The third-order valence-corrected chi connectivity index (χ3v) is 2.21. The fourth-order valence-electron chi connectivity index (χ4n) is 1.52. The molecule has 2 aromatic rings. The van der Waals surface area contributed by atoms with Crippen LogP contribution in [0, 0.1) is 5.82 Å². The summed E-state index contributed by atoms with van der Waals surface area (Å²) < 4.78 is 13.5. The van der Waals surface area contributed by atoms with Crippen LogP contribution >= 0.6 is 0 Å². The van der Waals surface area contributed by atoms with Crippen LogP contribution < -0.4 is 0 Å². The van der Waals surface area contributed by atoms with Gasteiger partial charge in [-0.1, -0.05) is 30.3 Å². The molecular weight excluding hydrogens is 193 g/mol. The van der Waals surface area contributed by atoms with Gasteiger partial charge in [-0.25, -0.2) is 4.39 Å². The topological polar surface area (TPSA) is 33.1 Å². The van der Waals surface area contributed by atoms with E-state index < -0.39 is 5.82 Å². The van der Waals surface area contributed by atoms with Gasteiger partial charge in [-0.15, -0.1) is 0 Å². The van der Waals surface area contributed by atoms with Crippen molar-refractivity contribution in [1.82, 2.24) is 4.98 Å². The Morgan fingerprint density at radius 2 is 1.87 bits per heavy atom. The number of aliphatic hydroxyl groups excluding tert-OH is 1. The van der Waals surface area contributed by atoms with Gasteiger partial charge in [-0.2, -0.15) is 0 Å². The molecule has 0 atom stereocenters. The van der Waals surface area contributed by atoms with Crippen LogP contribution in [0.25, 0.3) is 11.1 Å². The van der Waals surface area contributed by atoms with Gasteiger partial charge in [0.2, 0.25) is 0 Å². The van der Waals surface area contributed by atoms with Crippen molar-refractivity contribution in [2.24, 2.45) is 0 Å². The lowest BCUT2D eigenvalue weighted by molar-refractivity contribution is 0.281. The Morgan fingerprint density at radius 3 is 2.53 bits per heavy atom. The molecule has 0 fully saturated rings. The summed E-state index contributed by atoms with van der Waals surface area (Å²) in [5.74, 6) is -0.409. The van der Waals surface area contributed by atoms with Crippen LogP contribution in [-0.2, 0) is 6.61 Å². The molecule has 3 heteroatoms. The van der Waals surface area contributed by atoms with Crippen LogP contribution in [0.1, 0.15) is 5.56 Å². The van der Waals surface area contributed by atoms with E-state index in [0.29, 0.717) is 11.1 Å². The fraction of sp³-hybridized carbons (Fsp3) is 0.0833. The minimum absolute atomic E-state index is 0.213. The predicted molar refractivity (Wildman–Crippen MR) is 55.6 cm³/mol. The molecule has 76 valence electrons. The molecule has 1 N–H and O–H groups in total. The summed E-state index contributed by atoms with van der Waals surface area (Å²) in [4.78, 5) is 3.71. The third kappa shape index (κ3) is 1.87. The average molecular weight is 203 g/mol. The predicted octanol–water partition coefficient (Wildman–Crippen LogP) is 2.38. The van der Waals surface area contributed by atoms with Crippen molar-refractivity contribution in [3.05, 3.63) is 54.1 Å². The number of aliphatic hydroxyl groups is 1. The highest BCUT2D eigenvalue weighted by Gasteiger charge is 2.09. The minimum atomic E-state index is -0.409. The van der Waals surface area contributed by atoms with E-state index >= 15 is 0 Å². The molecule has 1 aromatic carbocycles. The molecule has 0 aliphatic carbocycles. The standard InChI is InChI=1S/C12H10FNO/c13-11-7-14-6-10(8-15)12(11)9-4-2-1-3-5-9/h1-7,15H,8H2. The van der Waals surface area contributed by atoms with E-state index in [0.717, 1.165) is 11.8 Å². The van der Waals surface area contributed by atoms with E-state index in [-0.39, 0.29) is 6.61 Å². The van der Waals surface area contributed by atoms with E-state index in [1.807, 2.05) is 18.2 Å². The highest BCUT2D eigenvalue weighted by molar-refractivity contribution is 5.67. The van der Waals surface area contributed by atoms with Crippen LogP contribution in [0.4, 0.5) is 4.39 Å². The Labute approximate surface area is 87.0 Å². The molecule has 15 heavy (non-hydrogen) atoms. The molecule has 0 aliphatic rings. The highest BCUT2D eigenvalue weighted by atomic mass is 19.1. The molecule has 0 aliphatic heterocycles. The van der Waals surface area contributed by atoms with Crippen molar-refractivity contribution >= 4 is 0 Å². The van der Waals surface area contributed by atoms with Crippen LogP contribution in [0.3, 0.4) is 0 Å². The quantitative estimate of drug-likeness (QED) is 0.812. The van der Waals surface area contributed by atoms with Gasteiger partial charge in [0.05, 0.1) is 12.8 Å². The van der Waals surface area contributed by atoms with Gasteiger partial charge in [-0.3, -0.25) is 4.98 Å². The van der Waals surface area contributed by atoms with Gasteiger partial charge in [0.1, 0.15) is 5.82 Å². The van der Waals surface area contributed by atoms with Crippen molar-refractivity contribution < 1.29 is 9.50 Å². The van der Waals surface area contributed by atoms with Crippen LogP contribution in [0.2, 0.25) is 0 Å². The first-order chi connectivity index (χ1) is 7.33. The van der Waals surface area contributed by atoms with Crippen LogP contribution in [-0.4, -0.2) is 10.1 Å². The Hall–Kier alpha value is -1.74. The molecule has 0 radical (unpaired) electrons. The number of pyridine rings is 1. The molecule has 0 saturated heterocycles. The van der Waals surface area contributed by atoms with E-state index in [2.05, 4.69) is 4.98 Å². The molecule has 2 rings (SSSR count). The molecule has 0 amide bonds. The van der Waals surface area contributed by atoms with Gasteiger partial charge in [-0.05, 0) is 5.56 Å². The second kappa shape index (κ2) is 4.19. The normalized spacial score (nSPS) is 10.3. The lowest BCUT2D eigenvalue weighted by Crippen LogP contribution is -1.94. The maximum absolute atomic E-state index is 13.5. The largest absolute Gasteiger partial charge is 0.392 e. The SMILES string of the molecule is OCc1cncc(F)c1-c1ccccc1. The lowest BCUT2D eigenvalue weighted by Gasteiger charge is -2.07. The first kappa shape index (κ1) is 9.80. The monoisotopic (exact) mass is 203 g/mol. The molecule has 1 heterocycles. The maximum Gasteiger partial charge on any atom is 0.149 e. The van der Waals surface area contributed by atoms with Crippen molar-refractivity contribution in [2.45, 2.75) is 6.61 Å². The van der Waals surface area contributed by atoms with Crippen molar-refractivity contribution in [2.75, 3.05) is 0 Å². The Bertz CT molecular complexity index is 456. The van der Waals surface area contributed by atoms with E-state index in [4.69, 9.17) is 5.11 Å². The van der Waals surface area contributed by atoms with Crippen molar-refractivity contribution in [3.63, 3.8) is 0 Å². The fourth-order valence-corrected chi connectivity index (χ4v) is 1.52. The van der Waals surface area contributed by atoms with Crippen molar-refractivity contribution in [1.29, 1.82) is 0 Å². The summed E-state index contributed by atoms with van der Waals surface area (Å²) >= 11 is 0. The second-order valence-corrected chi connectivity index (χ2v) is 3.18. The van der Waals surface area contributed by atoms with Crippen molar-refractivity contribution in [3.8, 4) is 11.1 Å². The van der Waals surface area contributed by atoms with E-state index in [1.165, 1.54) is 6.20 Å². The zero-order chi connectivity index (χ0) is 10.7. The number of halogens is 1. The van der Waals surface area contributed by atoms with Gasteiger partial charge in [0, 0.05) is 17.3 Å². The Balaban J connectivity index is 2.61. The molecule has 0 saturated carbocycles. The summed E-state index contributed by atoms with van der Waals surface area (Å²) in [7, 11) is 0. The summed E-state index contributed by atoms with van der Waals surface area (Å²) in [6, 6.07) is 9.13. The number of hydrogen-bond acceptors (Lipinski definition) is 2. The molecule has 0 bridgehead atoms. The first-order valence-corrected chi connectivity index (χ1v) is 4.61. The zero-order valence-electron chi connectivity index (χ0n) is 8.02. The summed E-state index contributed by atoms with van der Waals surface area (Å²) in [6.07, 6.45) is 2.63. The summed E-state index contributed by atoms with van der Waals surface area (Å²) in [5, 5.41) is 9.10. The molecular formula is C12H10FNO. The van der Waals surface area contributed by atoms with Gasteiger partial charge >= 0.3 is 0 Å². The molecule has 2 nitrogen and oxygen atoms in total. The second-order valence-electron chi connectivity index (χ2n) is 3.18. The van der Waals surface area contributed by atoms with Crippen LogP contribution in [0.5, 0.6) is 0 Å². The molecule has 0 spiro atoms. The third-order valence-electron chi connectivity index (χ3n) is 2.21. The number of benzene rings is 1. The highest BCUT2D eigenvalue weighted by Crippen LogP contribution is 2.25. The summed E-state index contributed by atoms with van der Waals surface area (Å²) in [6.45, 7) is -0.213. The van der Waals surface area contributed by atoms with E-state index in [1.54, 1.807) is 12.1 Å². The number of nitrogens with zero attached hydrogens (tertiary/aromatic N) is 1. The zero-order valence-corrected chi connectivity index (χ0v) is 8.02. The summed E-state index contributed by atoms with van der Waals surface area (Å²) in [5.41, 5.74) is 1.68. The maximum atomic E-state index is 13.5. The Morgan fingerprint density at radius 1 is 1.13 bits per heavy atom. The minimum Gasteiger partial charge on any atom is -0.392 e. The van der Waals surface area contributed by atoms with Gasteiger partial charge in [0.25, 0.3) is 0 Å². The van der Waals surface area contributed by atoms with Gasteiger partial charge in [0.15, 0.2) is 0 Å². The molecule has 0 unspecified atom stereocenters. The smallest absolute Gasteiger partial charge is 0.149 e. The first-order valence-electron chi connectivity index (χ1n) is 4.61. The number of hydrogen-bond donors (Lipinski definition) is 1. The number of aromatic nitrogens is 1. The van der Waals surface area contributed by atoms with E-state index in [9.17, 15) is 4.39 Å². The number of rotatable bonds is 2. The van der Waals surface area contributed by atoms with Gasteiger partial charge < -0.3 is 5.11 Å². The average Bonchev–Trinajstić information content (AvgIpc) is 2.29.